The van der Waals surface area contributed by atoms with Gasteiger partial charge in [-0.3, -0.25) is 4.68 Å². The van der Waals surface area contributed by atoms with Gasteiger partial charge in [0, 0.05) is 18.8 Å². The molecule has 2 aromatic rings. The molecule has 4 heteroatoms. The monoisotopic (exact) mass is 284 g/mol. The van der Waals surface area contributed by atoms with Gasteiger partial charge in [-0.05, 0) is 43.2 Å². The Morgan fingerprint density at radius 2 is 2.19 bits per heavy atom. The van der Waals surface area contributed by atoms with Gasteiger partial charge in [0.05, 0.1) is 6.20 Å². The second kappa shape index (κ2) is 6.39. The molecule has 1 aliphatic carbocycles. The molecule has 1 heterocycles. The molecule has 0 aliphatic heterocycles. The molecule has 0 saturated heterocycles. The van der Waals surface area contributed by atoms with Crippen LogP contribution in [0.2, 0.25) is 0 Å². The van der Waals surface area contributed by atoms with Gasteiger partial charge in [-0.2, -0.15) is 0 Å². The fraction of sp³-hybridized carbons (Fsp3) is 0.529. The Kier molecular flexibility index (Phi) is 4.34. The molecule has 2 atom stereocenters. The first-order valence-electron chi connectivity index (χ1n) is 7.89. The summed E-state index contributed by atoms with van der Waals surface area (Å²) >= 11 is 0. The van der Waals surface area contributed by atoms with Gasteiger partial charge >= 0.3 is 0 Å². The lowest BCUT2D eigenvalue weighted by Gasteiger charge is -2.25. The highest BCUT2D eigenvalue weighted by Crippen LogP contribution is 2.40. The van der Waals surface area contributed by atoms with Crippen LogP contribution in [-0.4, -0.2) is 27.6 Å². The van der Waals surface area contributed by atoms with Crippen LogP contribution in [0.15, 0.2) is 42.7 Å². The minimum absolute atomic E-state index is 0.338. The van der Waals surface area contributed by atoms with E-state index in [1.807, 2.05) is 10.9 Å². The third-order valence-corrected chi connectivity index (χ3v) is 4.68. The van der Waals surface area contributed by atoms with Gasteiger partial charge in [0.15, 0.2) is 0 Å². The number of rotatable bonds is 6. The van der Waals surface area contributed by atoms with Gasteiger partial charge in [0.1, 0.15) is 0 Å². The number of hydrogen-bond acceptors (Lipinski definition) is 3. The topological polar surface area (TPSA) is 42.7 Å². The first-order chi connectivity index (χ1) is 10.3. The number of aromatic nitrogens is 3. The van der Waals surface area contributed by atoms with Crippen LogP contribution in [0.3, 0.4) is 0 Å². The molecule has 21 heavy (non-hydrogen) atoms. The predicted octanol–water partition coefficient (Wildman–Crippen LogP) is 2.77. The zero-order chi connectivity index (χ0) is 14.5. The molecule has 0 unspecified atom stereocenters. The van der Waals surface area contributed by atoms with Crippen molar-refractivity contribution in [3.05, 3.63) is 48.3 Å². The molecular formula is C17H24N4. The fourth-order valence-corrected chi connectivity index (χ4v) is 3.42. The van der Waals surface area contributed by atoms with Crippen LogP contribution in [0.4, 0.5) is 0 Å². The van der Waals surface area contributed by atoms with Crippen LogP contribution in [0.5, 0.6) is 0 Å². The SMILES string of the molecule is C[C@@]1(c2ccccc2)CC[C@@H](NCCCn2ccnn2)C1. The van der Waals surface area contributed by atoms with Crippen LogP contribution >= 0.6 is 0 Å². The molecule has 1 aliphatic rings. The first kappa shape index (κ1) is 14.3. The zero-order valence-corrected chi connectivity index (χ0v) is 12.7. The largest absolute Gasteiger partial charge is 0.314 e. The molecule has 4 nitrogen and oxygen atoms in total. The molecule has 112 valence electrons. The lowest BCUT2D eigenvalue weighted by molar-refractivity contribution is 0.440. The van der Waals surface area contributed by atoms with Crippen molar-refractivity contribution in [2.75, 3.05) is 6.54 Å². The van der Waals surface area contributed by atoms with E-state index in [9.17, 15) is 0 Å². The first-order valence-corrected chi connectivity index (χ1v) is 7.89. The van der Waals surface area contributed by atoms with E-state index in [4.69, 9.17) is 0 Å². The van der Waals surface area contributed by atoms with Crippen molar-refractivity contribution in [1.82, 2.24) is 20.3 Å². The Morgan fingerprint density at radius 1 is 1.33 bits per heavy atom. The summed E-state index contributed by atoms with van der Waals surface area (Å²) in [7, 11) is 0. The van der Waals surface area contributed by atoms with Crippen LogP contribution < -0.4 is 5.32 Å². The van der Waals surface area contributed by atoms with Crippen LogP contribution in [0, 0.1) is 0 Å². The highest BCUT2D eigenvalue weighted by Gasteiger charge is 2.35. The summed E-state index contributed by atoms with van der Waals surface area (Å²) in [5, 5.41) is 11.5. The van der Waals surface area contributed by atoms with E-state index in [2.05, 4.69) is 52.9 Å². The van der Waals surface area contributed by atoms with E-state index in [0.717, 1.165) is 19.5 Å². The summed E-state index contributed by atoms with van der Waals surface area (Å²) in [5.41, 5.74) is 1.82. The van der Waals surface area contributed by atoms with E-state index in [1.165, 1.54) is 24.8 Å². The molecule has 3 rings (SSSR count). The molecule has 0 amide bonds. The lowest BCUT2D eigenvalue weighted by Crippen LogP contribution is -2.30. The van der Waals surface area contributed by atoms with Crippen molar-refractivity contribution in [3.8, 4) is 0 Å². The van der Waals surface area contributed by atoms with Crippen LogP contribution in [0.25, 0.3) is 0 Å². The average molecular weight is 284 g/mol. The second-order valence-electron chi connectivity index (χ2n) is 6.34. The fourth-order valence-electron chi connectivity index (χ4n) is 3.42. The number of nitrogens with zero attached hydrogens (tertiary/aromatic N) is 3. The maximum Gasteiger partial charge on any atom is 0.0692 e. The Bertz CT molecular complexity index is 537. The molecule has 1 fully saturated rings. The quantitative estimate of drug-likeness (QED) is 0.829. The molecule has 1 aromatic carbocycles. The maximum absolute atomic E-state index is 3.99. The van der Waals surface area contributed by atoms with E-state index in [1.54, 1.807) is 6.20 Å². The average Bonchev–Trinajstić information content (AvgIpc) is 3.15. The third kappa shape index (κ3) is 3.50. The van der Waals surface area contributed by atoms with Crippen molar-refractivity contribution >= 4 is 0 Å². The number of aryl methyl sites for hydroxylation is 1. The standard InChI is InChI=1S/C17H24N4/c1-17(15-6-3-2-4-7-15)9-8-16(14-17)18-10-5-12-21-13-11-19-20-21/h2-4,6-7,11,13,16,18H,5,8-10,12,14H2,1H3/t16-,17-/m1/s1. The summed E-state index contributed by atoms with van der Waals surface area (Å²) < 4.78 is 1.89. The van der Waals surface area contributed by atoms with E-state index >= 15 is 0 Å². The molecule has 0 bridgehead atoms. The molecule has 1 aromatic heterocycles. The molecule has 1 saturated carbocycles. The summed E-state index contributed by atoms with van der Waals surface area (Å²) in [6.45, 7) is 4.39. The Hall–Kier alpha value is -1.68. The van der Waals surface area contributed by atoms with E-state index in [-0.39, 0.29) is 0 Å². The highest BCUT2D eigenvalue weighted by molar-refractivity contribution is 5.26. The number of nitrogens with one attached hydrogen (secondary N) is 1. The van der Waals surface area contributed by atoms with Crippen molar-refractivity contribution < 1.29 is 0 Å². The third-order valence-electron chi connectivity index (χ3n) is 4.68. The van der Waals surface area contributed by atoms with Crippen molar-refractivity contribution in [2.45, 2.75) is 50.6 Å². The minimum atomic E-state index is 0.338. The smallest absolute Gasteiger partial charge is 0.0692 e. The number of hydrogen-bond donors (Lipinski definition) is 1. The predicted molar refractivity (Wildman–Crippen MR) is 84.1 cm³/mol. The molecule has 1 N–H and O–H groups in total. The molecule has 0 spiro atoms. The normalized spacial score (nSPS) is 25.3. The Labute approximate surface area is 126 Å². The van der Waals surface area contributed by atoms with Crippen LogP contribution in [0.1, 0.15) is 38.2 Å². The second-order valence-corrected chi connectivity index (χ2v) is 6.34. The van der Waals surface area contributed by atoms with Crippen molar-refractivity contribution in [3.63, 3.8) is 0 Å². The van der Waals surface area contributed by atoms with Gasteiger partial charge in [-0.25, -0.2) is 0 Å². The van der Waals surface area contributed by atoms with Gasteiger partial charge < -0.3 is 5.32 Å². The van der Waals surface area contributed by atoms with Crippen molar-refractivity contribution in [1.29, 1.82) is 0 Å². The van der Waals surface area contributed by atoms with Gasteiger partial charge in [0.25, 0.3) is 0 Å². The highest BCUT2D eigenvalue weighted by atomic mass is 15.4. The number of benzene rings is 1. The summed E-state index contributed by atoms with van der Waals surface area (Å²) in [6.07, 6.45) is 8.53. The van der Waals surface area contributed by atoms with Crippen LogP contribution in [-0.2, 0) is 12.0 Å². The van der Waals surface area contributed by atoms with E-state index in [0.29, 0.717) is 11.5 Å². The molecule has 0 radical (unpaired) electrons. The molecular weight excluding hydrogens is 260 g/mol. The maximum atomic E-state index is 3.99. The Morgan fingerprint density at radius 3 is 2.95 bits per heavy atom. The Balaban J connectivity index is 1.44. The summed E-state index contributed by atoms with van der Waals surface area (Å²) in [6, 6.07) is 11.6. The zero-order valence-electron chi connectivity index (χ0n) is 12.7. The van der Waals surface area contributed by atoms with E-state index < -0.39 is 0 Å². The summed E-state index contributed by atoms with van der Waals surface area (Å²) in [5.74, 6) is 0. The van der Waals surface area contributed by atoms with Gasteiger partial charge in [-0.1, -0.05) is 42.5 Å². The lowest BCUT2D eigenvalue weighted by atomic mass is 9.81. The van der Waals surface area contributed by atoms with Gasteiger partial charge in [0.2, 0.25) is 0 Å². The minimum Gasteiger partial charge on any atom is -0.314 e. The van der Waals surface area contributed by atoms with Gasteiger partial charge in [-0.15, -0.1) is 5.10 Å². The van der Waals surface area contributed by atoms with Crippen molar-refractivity contribution in [2.24, 2.45) is 0 Å². The summed E-state index contributed by atoms with van der Waals surface area (Å²) in [4.78, 5) is 0.